The lowest BCUT2D eigenvalue weighted by Crippen LogP contribution is -2.15. The molecule has 0 aromatic rings. The van der Waals surface area contributed by atoms with E-state index in [2.05, 4.69) is 5.32 Å². The summed E-state index contributed by atoms with van der Waals surface area (Å²) in [6, 6.07) is 0. The summed E-state index contributed by atoms with van der Waals surface area (Å²) < 4.78 is 4.84. The highest BCUT2D eigenvalue weighted by Crippen LogP contribution is 2.10. The Hall–Kier alpha value is -1.25. The van der Waals surface area contributed by atoms with E-state index in [4.69, 9.17) is 4.74 Å². The topological polar surface area (TPSA) is 38.3 Å². The number of hydrogen-bond acceptors (Lipinski definition) is 3. The van der Waals surface area contributed by atoms with Crippen LogP contribution in [0.2, 0.25) is 0 Å². The van der Waals surface area contributed by atoms with Crippen molar-refractivity contribution in [2.45, 2.75) is 20.3 Å². The van der Waals surface area contributed by atoms with Gasteiger partial charge in [-0.15, -0.1) is 0 Å². The molecule has 0 aromatic carbocycles. The van der Waals surface area contributed by atoms with Crippen LogP contribution in [0.5, 0.6) is 0 Å². The van der Waals surface area contributed by atoms with Crippen molar-refractivity contribution in [1.29, 1.82) is 0 Å². The molecule has 12 heavy (non-hydrogen) atoms. The van der Waals surface area contributed by atoms with E-state index in [1.165, 1.54) is 0 Å². The van der Waals surface area contributed by atoms with Gasteiger partial charge < -0.3 is 10.1 Å². The quantitative estimate of drug-likeness (QED) is 0.630. The second-order valence-electron chi connectivity index (χ2n) is 2.63. The zero-order valence-corrected chi connectivity index (χ0v) is 7.39. The van der Waals surface area contributed by atoms with Crippen LogP contribution in [0, 0.1) is 0 Å². The van der Waals surface area contributed by atoms with Crippen LogP contribution in [0.3, 0.4) is 0 Å². The normalized spacial score (nSPS) is 15.8. The molecule has 1 N–H and O–H groups in total. The van der Waals surface area contributed by atoms with Crippen molar-refractivity contribution in [3.05, 3.63) is 23.5 Å². The smallest absolute Gasteiger partial charge is 0.335 e. The highest BCUT2D eigenvalue weighted by molar-refractivity contribution is 5.88. The number of allylic oxidation sites excluding steroid dienone is 2. The van der Waals surface area contributed by atoms with Crippen LogP contribution in [0.4, 0.5) is 0 Å². The zero-order chi connectivity index (χ0) is 8.97. The number of carbonyl (C=O) groups excluding carboxylic acids is 1. The molecule has 0 saturated heterocycles. The van der Waals surface area contributed by atoms with Crippen molar-refractivity contribution in [3.8, 4) is 0 Å². The SMILES string of the molecule is CCOC(=O)C1=CNC(C)=CC1. The minimum absolute atomic E-state index is 0.228. The third-order valence-electron chi connectivity index (χ3n) is 1.64. The van der Waals surface area contributed by atoms with Gasteiger partial charge in [0, 0.05) is 18.3 Å². The summed E-state index contributed by atoms with van der Waals surface area (Å²) in [6.07, 6.45) is 4.33. The highest BCUT2D eigenvalue weighted by atomic mass is 16.5. The van der Waals surface area contributed by atoms with E-state index >= 15 is 0 Å². The van der Waals surface area contributed by atoms with Gasteiger partial charge in [0.1, 0.15) is 0 Å². The number of rotatable bonds is 2. The van der Waals surface area contributed by atoms with Gasteiger partial charge in [-0.1, -0.05) is 6.08 Å². The number of ether oxygens (including phenoxy) is 1. The number of esters is 1. The van der Waals surface area contributed by atoms with Crippen LogP contribution in [-0.2, 0) is 9.53 Å². The number of carbonyl (C=O) groups is 1. The van der Waals surface area contributed by atoms with Gasteiger partial charge in [-0.2, -0.15) is 0 Å². The molecule has 0 radical (unpaired) electrons. The second kappa shape index (κ2) is 3.95. The van der Waals surface area contributed by atoms with Gasteiger partial charge in [0.25, 0.3) is 0 Å². The highest BCUT2D eigenvalue weighted by Gasteiger charge is 2.11. The van der Waals surface area contributed by atoms with Crippen molar-refractivity contribution < 1.29 is 9.53 Å². The number of hydrogen-bond donors (Lipinski definition) is 1. The Morgan fingerprint density at radius 1 is 1.75 bits per heavy atom. The Kier molecular flexibility index (Phi) is 2.91. The van der Waals surface area contributed by atoms with Crippen LogP contribution in [0.1, 0.15) is 20.3 Å². The molecule has 0 aliphatic carbocycles. The van der Waals surface area contributed by atoms with E-state index in [9.17, 15) is 4.79 Å². The van der Waals surface area contributed by atoms with E-state index in [0.717, 1.165) is 5.70 Å². The molecule has 0 unspecified atom stereocenters. The van der Waals surface area contributed by atoms with Gasteiger partial charge >= 0.3 is 5.97 Å². The fraction of sp³-hybridized carbons (Fsp3) is 0.444. The maximum absolute atomic E-state index is 11.1. The molecule has 1 heterocycles. The predicted molar refractivity (Wildman–Crippen MR) is 46.2 cm³/mol. The molecule has 1 aliphatic heterocycles. The molecule has 0 saturated carbocycles. The summed E-state index contributed by atoms with van der Waals surface area (Å²) in [7, 11) is 0. The maximum Gasteiger partial charge on any atom is 0.335 e. The largest absolute Gasteiger partial charge is 0.463 e. The predicted octanol–water partition coefficient (Wildman–Crippen LogP) is 1.33. The van der Waals surface area contributed by atoms with Crippen molar-refractivity contribution in [3.63, 3.8) is 0 Å². The van der Waals surface area contributed by atoms with E-state index in [0.29, 0.717) is 18.6 Å². The van der Waals surface area contributed by atoms with Crippen molar-refractivity contribution in [2.75, 3.05) is 6.61 Å². The molecule has 3 heteroatoms. The van der Waals surface area contributed by atoms with Crippen LogP contribution in [0.15, 0.2) is 23.5 Å². The van der Waals surface area contributed by atoms with Gasteiger partial charge in [-0.3, -0.25) is 0 Å². The van der Waals surface area contributed by atoms with Gasteiger partial charge in [0.2, 0.25) is 0 Å². The summed E-state index contributed by atoms with van der Waals surface area (Å²) in [6.45, 7) is 4.19. The summed E-state index contributed by atoms with van der Waals surface area (Å²) >= 11 is 0. The first-order valence-corrected chi connectivity index (χ1v) is 4.03. The molecule has 0 spiro atoms. The van der Waals surface area contributed by atoms with E-state index in [1.807, 2.05) is 13.0 Å². The third-order valence-corrected chi connectivity index (χ3v) is 1.64. The molecular weight excluding hydrogens is 154 g/mol. The lowest BCUT2D eigenvalue weighted by molar-refractivity contribution is -0.138. The first-order chi connectivity index (χ1) is 5.74. The van der Waals surface area contributed by atoms with Gasteiger partial charge in [-0.05, 0) is 13.8 Å². The Morgan fingerprint density at radius 2 is 2.50 bits per heavy atom. The Labute approximate surface area is 72.1 Å². The van der Waals surface area contributed by atoms with Gasteiger partial charge in [0.15, 0.2) is 0 Å². The molecule has 0 atom stereocenters. The molecule has 66 valence electrons. The maximum atomic E-state index is 11.1. The molecule has 0 bridgehead atoms. The van der Waals surface area contributed by atoms with Crippen LogP contribution in [0.25, 0.3) is 0 Å². The monoisotopic (exact) mass is 167 g/mol. The van der Waals surface area contributed by atoms with Gasteiger partial charge in [0.05, 0.1) is 12.2 Å². The molecule has 0 aromatic heterocycles. The Balaban J connectivity index is 2.50. The first-order valence-electron chi connectivity index (χ1n) is 4.03. The van der Waals surface area contributed by atoms with Crippen LogP contribution < -0.4 is 5.32 Å². The Morgan fingerprint density at radius 3 is 3.00 bits per heavy atom. The van der Waals surface area contributed by atoms with E-state index < -0.39 is 0 Å². The summed E-state index contributed by atoms with van der Waals surface area (Å²) in [4.78, 5) is 11.1. The summed E-state index contributed by atoms with van der Waals surface area (Å²) in [5.41, 5.74) is 1.76. The average Bonchev–Trinajstić information content (AvgIpc) is 2.06. The fourth-order valence-corrected chi connectivity index (χ4v) is 0.948. The molecule has 0 fully saturated rings. The number of dihydropyridines is 1. The lowest BCUT2D eigenvalue weighted by atomic mass is 10.1. The van der Waals surface area contributed by atoms with Crippen molar-refractivity contribution >= 4 is 5.97 Å². The standard InChI is InChI=1S/C9H13NO2/c1-3-12-9(11)8-5-4-7(2)10-6-8/h4,6,10H,3,5H2,1-2H3. The minimum Gasteiger partial charge on any atom is -0.463 e. The van der Waals surface area contributed by atoms with Gasteiger partial charge in [-0.25, -0.2) is 4.79 Å². The van der Waals surface area contributed by atoms with Crippen molar-refractivity contribution in [2.24, 2.45) is 0 Å². The lowest BCUT2D eigenvalue weighted by Gasteiger charge is -2.11. The zero-order valence-electron chi connectivity index (χ0n) is 7.39. The average molecular weight is 167 g/mol. The second-order valence-corrected chi connectivity index (χ2v) is 2.63. The third kappa shape index (κ3) is 2.12. The molecular formula is C9H13NO2. The van der Waals surface area contributed by atoms with E-state index in [-0.39, 0.29) is 5.97 Å². The van der Waals surface area contributed by atoms with Crippen LogP contribution in [-0.4, -0.2) is 12.6 Å². The first kappa shape index (κ1) is 8.84. The van der Waals surface area contributed by atoms with Crippen molar-refractivity contribution in [1.82, 2.24) is 5.32 Å². The molecule has 0 amide bonds. The minimum atomic E-state index is -0.228. The van der Waals surface area contributed by atoms with Crippen LogP contribution >= 0.6 is 0 Å². The molecule has 3 nitrogen and oxygen atoms in total. The summed E-state index contributed by atoms with van der Waals surface area (Å²) in [5.74, 6) is -0.228. The number of nitrogens with one attached hydrogen (secondary N) is 1. The fourth-order valence-electron chi connectivity index (χ4n) is 0.948. The Bertz CT molecular complexity index is 241. The summed E-state index contributed by atoms with van der Waals surface area (Å²) in [5, 5.41) is 2.97. The van der Waals surface area contributed by atoms with E-state index in [1.54, 1.807) is 13.1 Å². The molecule has 1 aliphatic rings. The molecule has 1 rings (SSSR count).